The first kappa shape index (κ1) is 11.8. The first-order valence-corrected chi connectivity index (χ1v) is 6.92. The van der Waals surface area contributed by atoms with Crippen molar-refractivity contribution in [2.45, 2.75) is 31.6 Å². The Morgan fingerprint density at radius 3 is 2.67 bits per heavy atom. The summed E-state index contributed by atoms with van der Waals surface area (Å²) in [6.07, 6.45) is 4.87. The van der Waals surface area contributed by atoms with Gasteiger partial charge in [-0.1, -0.05) is 36.8 Å². The highest BCUT2D eigenvalue weighted by Crippen LogP contribution is 2.52. The normalized spacial score (nSPS) is 34.3. The molecule has 3 rings (SSSR count). The molecule has 0 N–H and O–H groups in total. The molecule has 2 aliphatic rings. The number of methoxy groups -OCH3 is 1. The van der Waals surface area contributed by atoms with Crippen molar-refractivity contribution in [2.24, 2.45) is 17.8 Å². The number of carbonyl (C=O) groups excluding carboxylic acids is 1. The van der Waals surface area contributed by atoms with Gasteiger partial charge in [-0.15, -0.1) is 0 Å². The Kier molecular flexibility index (Phi) is 3.11. The van der Waals surface area contributed by atoms with Crippen LogP contribution in [0.3, 0.4) is 0 Å². The van der Waals surface area contributed by atoms with Gasteiger partial charge in [-0.3, -0.25) is 4.79 Å². The molecule has 18 heavy (non-hydrogen) atoms. The maximum Gasteiger partial charge on any atom is 0.309 e. The Hall–Kier alpha value is -1.31. The zero-order valence-electron chi connectivity index (χ0n) is 10.8. The highest BCUT2D eigenvalue weighted by atomic mass is 16.5. The van der Waals surface area contributed by atoms with Crippen molar-refractivity contribution in [2.75, 3.05) is 7.11 Å². The van der Waals surface area contributed by atoms with Crippen molar-refractivity contribution in [1.82, 2.24) is 0 Å². The molecule has 2 bridgehead atoms. The molecule has 1 aromatic rings. The Labute approximate surface area is 108 Å². The van der Waals surface area contributed by atoms with Crippen LogP contribution in [0.15, 0.2) is 30.3 Å². The standard InChI is InChI=1S/C16H20O2/c1-18-16(17)15-13-8-7-11(9-13)10-14(15)12-5-3-2-4-6-12/h2-6,11,13-15H,7-10H2,1H3/t11-,13+,14-,15-/m1/s1. The lowest BCUT2D eigenvalue weighted by Gasteiger charge is -2.35. The number of hydrogen-bond donors (Lipinski definition) is 0. The number of esters is 1. The first-order chi connectivity index (χ1) is 8.79. The molecule has 0 saturated heterocycles. The summed E-state index contributed by atoms with van der Waals surface area (Å²) in [5, 5.41) is 0. The SMILES string of the molecule is COC(=O)[C@@H]1[C@H]2CC[C@H](C2)C[C@@H]1c1ccccc1. The van der Waals surface area contributed by atoms with Crippen molar-refractivity contribution in [1.29, 1.82) is 0 Å². The van der Waals surface area contributed by atoms with Crippen molar-refractivity contribution in [3.8, 4) is 0 Å². The second-order valence-electron chi connectivity index (χ2n) is 5.74. The second-order valence-corrected chi connectivity index (χ2v) is 5.74. The molecule has 2 heteroatoms. The minimum Gasteiger partial charge on any atom is -0.469 e. The predicted molar refractivity (Wildman–Crippen MR) is 70.1 cm³/mol. The first-order valence-electron chi connectivity index (χ1n) is 6.92. The minimum atomic E-state index is -0.00537. The second kappa shape index (κ2) is 4.75. The van der Waals surface area contributed by atoms with Gasteiger partial charge in [-0.05, 0) is 42.6 Å². The maximum atomic E-state index is 12.1. The van der Waals surface area contributed by atoms with E-state index in [1.165, 1.54) is 31.9 Å². The van der Waals surface area contributed by atoms with Crippen LogP contribution in [0.1, 0.15) is 37.2 Å². The average Bonchev–Trinajstić information content (AvgIpc) is 2.80. The molecule has 2 fully saturated rings. The summed E-state index contributed by atoms with van der Waals surface area (Å²) in [6, 6.07) is 10.5. The van der Waals surface area contributed by atoms with Gasteiger partial charge in [0, 0.05) is 0 Å². The predicted octanol–water partition coefficient (Wildman–Crippen LogP) is 3.38. The molecule has 2 nitrogen and oxygen atoms in total. The Morgan fingerprint density at radius 1 is 1.17 bits per heavy atom. The monoisotopic (exact) mass is 244 g/mol. The molecule has 1 aromatic carbocycles. The molecular formula is C16H20O2. The third kappa shape index (κ3) is 1.94. The van der Waals surface area contributed by atoms with E-state index in [1.807, 2.05) is 6.07 Å². The summed E-state index contributed by atoms with van der Waals surface area (Å²) in [6.45, 7) is 0. The Balaban J connectivity index is 1.93. The minimum absolute atomic E-state index is 0.00537. The number of carbonyl (C=O) groups is 1. The van der Waals surface area contributed by atoms with E-state index in [1.54, 1.807) is 0 Å². The highest BCUT2D eigenvalue weighted by molar-refractivity contribution is 5.74. The van der Waals surface area contributed by atoms with Gasteiger partial charge < -0.3 is 4.74 Å². The summed E-state index contributed by atoms with van der Waals surface area (Å²) in [5.41, 5.74) is 1.31. The summed E-state index contributed by atoms with van der Waals surface area (Å²) in [7, 11) is 1.52. The van der Waals surface area contributed by atoms with Crippen molar-refractivity contribution < 1.29 is 9.53 Å². The molecule has 0 unspecified atom stereocenters. The highest BCUT2D eigenvalue weighted by Gasteiger charge is 2.46. The number of rotatable bonds is 2. The van der Waals surface area contributed by atoms with Gasteiger partial charge in [-0.2, -0.15) is 0 Å². The molecular weight excluding hydrogens is 224 g/mol. The maximum absolute atomic E-state index is 12.1. The molecule has 0 aromatic heterocycles. The smallest absolute Gasteiger partial charge is 0.309 e. The molecule has 0 aliphatic heterocycles. The third-order valence-electron chi connectivity index (χ3n) is 4.81. The van der Waals surface area contributed by atoms with Crippen LogP contribution in [0, 0.1) is 17.8 Å². The third-order valence-corrected chi connectivity index (χ3v) is 4.81. The van der Waals surface area contributed by atoms with Gasteiger partial charge in [0.1, 0.15) is 0 Å². The number of hydrogen-bond acceptors (Lipinski definition) is 2. The van der Waals surface area contributed by atoms with E-state index in [2.05, 4.69) is 24.3 Å². The number of benzene rings is 1. The van der Waals surface area contributed by atoms with Crippen LogP contribution in [-0.4, -0.2) is 13.1 Å². The largest absolute Gasteiger partial charge is 0.469 e. The van der Waals surface area contributed by atoms with Crippen LogP contribution < -0.4 is 0 Å². The van der Waals surface area contributed by atoms with Gasteiger partial charge in [0.05, 0.1) is 13.0 Å². The van der Waals surface area contributed by atoms with Gasteiger partial charge in [0.15, 0.2) is 0 Å². The summed E-state index contributed by atoms with van der Waals surface area (Å²) >= 11 is 0. The molecule has 2 aliphatic carbocycles. The van der Waals surface area contributed by atoms with Crippen LogP contribution in [0.25, 0.3) is 0 Å². The number of ether oxygens (including phenoxy) is 1. The van der Waals surface area contributed by atoms with Gasteiger partial charge in [0.2, 0.25) is 0 Å². The molecule has 96 valence electrons. The van der Waals surface area contributed by atoms with Crippen LogP contribution in [0.5, 0.6) is 0 Å². The van der Waals surface area contributed by atoms with E-state index < -0.39 is 0 Å². The van der Waals surface area contributed by atoms with Gasteiger partial charge >= 0.3 is 5.97 Å². The molecule has 2 saturated carbocycles. The average molecular weight is 244 g/mol. The summed E-state index contributed by atoms with van der Waals surface area (Å²) in [5.74, 6) is 1.80. The lowest BCUT2D eigenvalue weighted by atomic mass is 9.69. The van der Waals surface area contributed by atoms with E-state index in [0.29, 0.717) is 11.8 Å². The van der Waals surface area contributed by atoms with Crippen LogP contribution in [-0.2, 0) is 9.53 Å². The summed E-state index contributed by atoms with van der Waals surface area (Å²) < 4.78 is 5.05. The van der Waals surface area contributed by atoms with Crippen LogP contribution in [0.4, 0.5) is 0 Å². The zero-order valence-corrected chi connectivity index (χ0v) is 10.8. The van der Waals surface area contributed by atoms with E-state index in [4.69, 9.17) is 4.74 Å². The fourth-order valence-corrected chi connectivity index (χ4v) is 4.02. The topological polar surface area (TPSA) is 26.3 Å². The lowest BCUT2D eigenvalue weighted by Crippen LogP contribution is -2.33. The fraction of sp³-hybridized carbons (Fsp3) is 0.562. The molecule has 0 amide bonds. The van der Waals surface area contributed by atoms with Crippen LogP contribution >= 0.6 is 0 Å². The number of fused-ring (bicyclic) bond motifs is 2. The van der Waals surface area contributed by atoms with Gasteiger partial charge in [-0.25, -0.2) is 0 Å². The van der Waals surface area contributed by atoms with E-state index in [0.717, 1.165) is 12.3 Å². The molecule has 4 atom stereocenters. The van der Waals surface area contributed by atoms with Gasteiger partial charge in [0.25, 0.3) is 0 Å². The van der Waals surface area contributed by atoms with Crippen molar-refractivity contribution in [3.63, 3.8) is 0 Å². The van der Waals surface area contributed by atoms with Crippen molar-refractivity contribution >= 4 is 5.97 Å². The van der Waals surface area contributed by atoms with E-state index >= 15 is 0 Å². The molecule has 0 radical (unpaired) electrons. The Bertz CT molecular complexity index is 426. The van der Waals surface area contributed by atoms with Crippen molar-refractivity contribution in [3.05, 3.63) is 35.9 Å². The fourth-order valence-electron chi connectivity index (χ4n) is 4.02. The Morgan fingerprint density at radius 2 is 1.94 bits per heavy atom. The lowest BCUT2D eigenvalue weighted by molar-refractivity contribution is -0.149. The van der Waals surface area contributed by atoms with Crippen LogP contribution in [0.2, 0.25) is 0 Å². The molecule has 0 spiro atoms. The quantitative estimate of drug-likeness (QED) is 0.745. The molecule has 0 heterocycles. The van der Waals surface area contributed by atoms with E-state index in [-0.39, 0.29) is 11.9 Å². The van der Waals surface area contributed by atoms with E-state index in [9.17, 15) is 4.79 Å². The zero-order chi connectivity index (χ0) is 12.5. The summed E-state index contributed by atoms with van der Waals surface area (Å²) in [4.78, 5) is 12.1.